The van der Waals surface area contributed by atoms with Crippen molar-refractivity contribution >= 4 is 147 Å². The second-order valence-corrected chi connectivity index (χ2v) is 36.9. The van der Waals surface area contributed by atoms with E-state index in [0.29, 0.717) is 17.8 Å². The van der Waals surface area contributed by atoms with Crippen LogP contribution in [0, 0.1) is 18.2 Å². The Labute approximate surface area is 783 Å². The van der Waals surface area contributed by atoms with Gasteiger partial charge in [0.1, 0.15) is 16.7 Å². The molecule has 12 nitrogen and oxygen atoms in total. The van der Waals surface area contributed by atoms with E-state index >= 15 is 0 Å². The Balaban J connectivity index is 0.000000174. The molecule has 0 unspecified atom stereocenters. The Kier molecular flexibility index (Phi) is 32.1. The Morgan fingerprint density at radius 3 is 0.992 bits per heavy atom. The standard InChI is InChI=1S/C33H30NOS.C31H26NOS.C28H20NOS.3C5H8O2.3Ir/c1-32(2,3)22-14-20(15-23(17-22)33(4,5)6)29-16-21-19-34-27(18-30(21)36-29)26-12-9-11-25-24-10-7-8-13-28(24)35-31(25)26;1-18(2)21-10-7-11-22(19(3)4)30(21)29-15-20-17-32-26(16-28(20)34-29)25-13-8-12-24-23-9-5-6-14-27(23)33-31(24)25;1-17(2)18-10-12-19(13-11-18)26-14-20-16-29-24(15-27(20)31-26)23-8-5-7-22-21-6-3-4-9-25(21)30-28(22)23;3*1-4(6)3-5(2)7;;;/h7-11,13-19H,1-6H3;5-12,14-19H,1-4H3;3-7,9-17H,1-2H3;3*3,6H,1-2H3;;;/q3*-1;;;;;;. The van der Waals surface area contributed by atoms with Crippen molar-refractivity contribution in [2.24, 2.45) is 0 Å². The fourth-order valence-corrected chi connectivity index (χ4v) is 17.9. The van der Waals surface area contributed by atoms with Crippen LogP contribution < -0.4 is 0 Å². The van der Waals surface area contributed by atoms with E-state index in [0.717, 1.165) is 110 Å². The molecule has 18 heteroatoms. The SMILES string of the molecule is CC(=O)C=C(C)O.CC(=O)C=C(C)O.CC(=O)C=C(C)O.CC(C)(C)c1cc(-c2cc3cnc(-c4[c-]ccc5c4oc4ccccc45)cc3s2)cc(C(C)(C)C)c1.CC(C)c1ccc(-c2cc3cnc(-c4[c-]ccc5c4oc4ccccc45)cc3s2)cc1.CC(C)c1cccc(C(C)C)c1-c1cc2cnc(-c3[c-]ccc4c3oc3ccccc34)cc2s1.[Ir].[Ir].[Ir]. The van der Waals surface area contributed by atoms with E-state index in [1.54, 1.807) is 11.3 Å². The van der Waals surface area contributed by atoms with Crippen LogP contribution in [0.5, 0.6) is 0 Å². The molecule has 645 valence electrons. The molecule has 9 aromatic carbocycles. The maximum atomic E-state index is 10.0. The van der Waals surface area contributed by atoms with E-state index in [1.807, 2.05) is 114 Å². The van der Waals surface area contributed by atoms with Crippen LogP contribution in [-0.2, 0) is 85.5 Å². The maximum absolute atomic E-state index is 10.0. The molecule has 0 atom stereocenters. The quantitative estimate of drug-likeness (QED) is 0.0597. The summed E-state index contributed by atoms with van der Waals surface area (Å²) < 4.78 is 22.3. The van der Waals surface area contributed by atoms with Gasteiger partial charge in [0, 0.05) is 158 Å². The van der Waals surface area contributed by atoms with Crippen LogP contribution in [0.3, 0.4) is 0 Å². The summed E-state index contributed by atoms with van der Waals surface area (Å²) in [5, 5.41) is 35.3. The molecule has 0 aliphatic rings. The summed E-state index contributed by atoms with van der Waals surface area (Å²) >= 11 is 5.47. The number of aromatic nitrogens is 3. The molecule has 3 N–H and O–H groups in total. The van der Waals surface area contributed by atoms with Crippen molar-refractivity contribution in [1.82, 2.24) is 15.0 Å². The van der Waals surface area contributed by atoms with Crippen molar-refractivity contribution in [2.75, 3.05) is 0 Å². The Morgan fingerprint density at radius 1 is 0.368 bits per heavy atom. The number of para-hydroxylation sites is 3. The molecular weight excluding hydrogens is 2140 g/mol. The average molecular weight is 2240 g/mol. The third-order valence-corrected chi connectivity index (χ3v) is 24.1. The first kappa shape index (κ1) is 96.5. The zero-order valence-electron chi connectivity index (χ0n) is 73.2. The molecular formula is C107H100Ir3N3O9S3-3. The van der Waals surface area contributed by atoms with Gasteiger partial charge in [-0.05, 0) is 180 Å². The molecule has 0 spiro atoms. The number of rotatable bonds is 12. The Bertz CT molecular complexity index is 6900. The summed E-state index contributed by atoms with van der Waals surface area (Å²) in [5.74, 6) is 1.29. The van der Waals surface area contributed by atoms with Gasteiger partial charge in [0.2, 0.25) is 0 Å². The molecule has 0 aliphatic heterocycles. The summed E-state index contributed by atoms with van der Waals surface area (Å²) in [6.07, 6.45) is 9.44. The number of nitrogens with zero attached hydrogens (tertiary/aromatic N) is 3. The monoisotopic (exact) mass is 2250 g/mol. The van der Waals surface area contributed by atoms with Gasteiger partial charge in [-0.3, -0.25) is 14.4 Å². The fraction of sp³-hybridized carbons (Fsp3) is 0.215. The average Bonchev–Trinajstić information content (AvgIpc) is 1.62. The first-order valence-corrected chi connectivity index (χ1v) is 43.3. The normalized spacial score (nSPS) is 11.8. The van der Waals surface area contributed by atoms with Crippen LogP contribution >= 0.6 is 34.0 Å². The number of ketones is 3. The number of benzene rings is 9. The smallest absolute Gasteiger partial charge is 0.155 e. The minimum absolute atomic E-state index is 0. The van der Waals surface area contributed by atoms with Gasteiger partial charge in [0.15, 0.2) is 17.3 Å². The summed E-state index contributed by atoms with van der Waals surface area (Å²) in [5.41, 5.74) is 21.6. The fourth-order valence-electron chi connectivity index (χ4n) is 14.6. The van der Waals surface area contributed by atoms with E-state index in [9.17, 15) is 14.4 Å². The van der Waals surface area contributed by atoms with E-state index in [2.05, 4.69) is 235 Å². The van der Waals surface area contributed by atoms with Crippen LogP contribution in [0.25, 0.3) is 161 Å². The molecule has 0 saturated carbocycles. The summed E-state index contributed by atoms with van der Waals surface area (Å²) in [6, 6.07) is 82.8. The van der Waals surface area contributed by atoms with Crippen LogP contribution in [0.4, 0.5) is 0 Å². The van der Waals surface area contributed by atoms with E-state index in [1.165, 1.54) is 138 Å². The molecule has 3 radical (unpaired) electrons. The molecule has 0 amide bonds. The maximum Gasteiger partial charge on any atom is 0.155 e. The number of carbonyl (C=O) groups is 3. The van der Waals surface area contributed by atoms with Crippen molar-refractivity contribution in [1.29, 1.82) is 0 Å². The molecule has 9 heterocycles. The zero-order chi connectivity index (χ0) is 87.2. The largest absolute Gasteiger partial charge is 0.512 e. The first-order valence-electron chi connectivity index (χ1n) is 40.8. The number of carbonyl (C=O) groups excluding carboxylic acids is 3. The predicted octanol–water partition coefficient (Wildman–Crippen LogP) is 31.1. The number of furan rings is 3. The van der Waals surface area contributed by atoms with Crippen molar-refractivity contribution in [3.8, 4) is 65.1 Å². The van der Waals surface area contributed by atoms with Crippen molar-refractivity contribution < 1.29 is 103 Å². The minimum Gasteiger partial charge on any atom is -0.512 e. The van der Waals surface area contributed by atoms with E-state index < -0.39 is 0 Å². The van der Waals surface area contributed by atoms with Gasteiger partial charge in [-0.2, -0.15) is 0 Å². The topological polar surface area (TPSA) is 190 Å². The molecule has 0 aliphatic carbocycles. The predicted molar refractivity (Wildman–Crippen MR) is 511 cm³/mol. The van der Waals surface area contributed by atoms with Gasteiger partial charge < -0.3 is 43.5 Å². The number of hydrogen-bond acceptors (Lipinski definition) is 15. The summed E-state index contributed by atoms with van der Waals surface area (Å²) in [6.45, 7) is 35.8. The number of aliphatic hydroxyl groups excluding tert-OH is 3. The van der Waals surface area contributed by atoms with Gasteiger partial charge >= 0.3 is 0 Å². The summed E-state index contributed by atoms with van der Waals surface area (Å²) in [7, 11) is 0. The van der Waals surface area contributed by atoms with Gasteiger partial charge in [0.25, 0.3) is 0 Å². The first-order chi connectivity index (χ1) is 58.1. The van der Waals surface area contributed by atoms with Gasteiger partial charge in [0.05, 0.1) is 34.0 Å². The van der Waals surface area contributed by atoms with Crippen molar-refractivity contribution in [2.45, 2.75) is 153 Å². The number of hydrogen-bond donors (Lipinski definition) is 3. The van der Waals surface area contributed by atoms with Gasteiger partial charge in [-0.1, -0.05) is 237 Å². The molecule has 0 saturated heterocycles. The second-order valence-electron chi connectivity index (χ2n) is 33.6. The van der Waals surface area contributed by atoms with E-state index in [-0.39, 0.29) is 106 Å². The molecule has 9 aromatic heterocycles. The van der Waals surface area contributed by atoms with Crippen molar-refractivity contribution in [3.05, 3.63) is 306 Å². The van der Waals surface area contributed by atoms with Crippen LogP contribution in [0.15, 0.2) is 274 Å². The van der Waals surface area contributed by atoms with Gasteiger partial charge in [-0.15, -0.1) is 88.6 Å². The molecule has 125 heavy (non-hydrogen) atoms. The zero-order valence-corrected chi connectivity index (χ0v) is 82.8. The second kappa shape index (κ2) is 41.6. The Morgan fingerprint density at radius 2 is 0.688 bits per heavy atom. The number of aliphatic hydroxyl groups is 3. The van der Waals surface area contributed by atoms with Crippen LogP contribution in [-0.4, -0.2) is 47.6 Å². The van der Waals surface area contributed by atoms with Crippen molar-refractivity contribution in [3.63, 3.8) is 0 Å². The number of pyridine rings is 3. The molecule has 0 bridgehead atoms. The number of thiophene rings is 3. The number of allylic oxidation sites excluding steroid dienone is 6. The van der Waals surface area contributed by atoms with Crippen LogP contribution in [0.1, 0.15) is 170 Å². The third-order valence-electron chi connectivity index (χ3n) is 20.7. The Hall–Kier alpha value is -10.7. The van der Waals surface area contributed by atoms with Crippen LogP contribution in [0.2, 0.25) is 0 Å². The minimum atomic E-state index is -0.125. The molecule has 18 rings (SSSR count). The van der Waals surface area contributed by atoms with Gasteiger partial charge in [-0.25, -0.2) is 0 Å². The molecule has 0 fully saturated rings. The summed E-state index contributed by atoms with van der Waals surface area (Å²) in [4.78, 5) is 48.3. The molecule has 18 aromatic rings. The third kappa shape index (κ3) is 22.9. The van der Waals surface area contributed by atoms with E-state index in [4.69, 9.17) is 43.5 Å². The number of fused-ring (bicyclic) bond motifs is 12.